The molecule has 1 amide bonds. The minimum atomic E-state index is -0.130. The van der Waals surface area contributed by atoms with Crippen LogP contribution in [-0.2, 0) is 11.3 Å². The second-order valence-electron chi connectivity index (χ2n) is 8.03. The van der Waals surface area contributed by atoms with Gasteiger partial charge in [-0.15, -0.1) is 0 Å². The summed E-state index contributed by atoms with van der Waals surface area (Å²) in [5.74, 6) is -0.130. The largest absolute Gasteiger partial charge is 0.378 e. The molecule has 2 unspecified atom stereocenters. The van der Waals surface area contributed by atoms with Gasteiger partial charge >= 0.3 is 0 Å². The molecule has 8 heteroatoms. The SMILES string of the molecule is O=C(NC1CC2COCC(C1)N2Cc1ccc(Cl)c(Cl)c1)c1n[nH]c2ccccc12. The molecule has 2 saturated heterocycles. The van der Waals surface area contributed by atoms with E-state index in [0.717, 1.165) is 35.9 Å². The summed E-state index contributed by atoms with van der Waals surface area (Å²) >= 11 is 12.2. The molecular weight excluding hydrogens is 423 g/mol. The molecule has 156 valence electrons. The number of H-pyrrole nitrogens is 1. The summed E-state index contributed by atoms with van der Waals surface area (Å²) in [4.78, 5) is 15.4. The van der Waals surface area contributed by atoms with Crippen molar-refractivity contribution in [3.8, 4) is 0 Å². The predicted molar refractivity (Wildman–Crippen MR) is 117 cm³/mol. The molecule has 6 nitrogen and oxygen atoms in total. The van der Waals surface area contributed by atoms with Gasteiger partial charge in [-0.25, -0.2) is 0 Å². The standard InChI is InChI=1S/C22H22Cl2N4O2/c23-18-6-5-13(7-19(18)24)10-28-15-8-14(9-16(28)12-30-11-15)25-22(29)21-17-3-1-2-4-20(17)26-27-21/h1-7,14-16H,8-12H2,(H,25,29)(H,26,27). The Hall–Kier alpha value is -2.12. The lowest BCUT2D eigenvalue weighted by atomic mass is 9.89. The fourth-order valence-corrected chi connectivity index (χ4v) is 4.93. The van der Waals surface area contributed by atoms with E-state index in [2.05, 4.69) is 20.4 Å². The molecule has 5 rings (SSSR count). The van der Waals surface area contributed by atoms with Crippen molar-refractivity contribution in [2.24, 2.45) is 0 Å². The molecule has 3 heterocycles. The zero-order chi connectivity index (χ0) is 20.7. The van der Waals surface area contributed by atoms with Crippen LogP contribution in [0.4, 0.5) is 0 Å². The quantitative estimate of drug-likeness (QED) is 0.636. The number of amides is 1. The van der Waals surface area contributed by atoms with E-state index in [-0.39, 0.29) is 24.0 Å². The highest BCUT2D eigenvalue weighted by molar-refractivity contribution is 6.42. The van der Waals surface area contributed by atoms with Gasteiger partial charge in [0.25, 0.3) is 5.91 Å². The Bertz CT molecular complexity index is 1070. The van der Waals surface area contributed by atoms with E-state index in [9.17, 15) is 4.79 Å². The molecule has 2 aliphatic rings. The fraction of sp³-hybridized carbons (Fsp3) is 0.364. The summed E-state index contributed by atoms with van der Waals surface area (Å²) < 4.78 is 5.81. The zero-order valence-electron chi connectivity index (χ0n) is 16.3. The molecule has 0 aliphatic carbocycles. The van der Waals surface area contributed by atoms with Gasteiger partial charge in [-0.2, -0.15) is 5.10 Å². The van der Waals surface area contributed by atoms with Crippen LogP contribution in [0.5, 0.6) is 0 Å². The van der Waals surface area contributed by atoms with Crippen LogP contribution in [-0.4, -0.2) is 52.3 Å². The van der Waals surface area contributed by atoms with Crippen molar-refractivity contribution in [2.45, 2.75) is 37.5 Å². The molecule has 0 spiro atoms. The van der Waals surface area contributed by atoms with Crippen molar-refractivity contribution in [3.63, 3.8) is 0 Å². The predicted octanol–water partition coefficient (Wildman–Crippen LogP) is 4.03. The van der Waals surface area contributed by atoms with Crippen molar-refractivity contribution in [3.05, 3.63) is 63.8 Å². The Morgan fingerprint density at radius 3 is 2.67 bits per heavy atom. The van der Waals surface area contributed by atoms with Gasteiger partial charge in [-0.05, 0) is 36.6 Å². The smallest absolute Gasteiger partial charge is 0.272 e. The average molecular weight is 445 g/mol. The van der Waals surface area contributed by atoms with Crippen molar-refractivity contribution in [1.82, 2.24) is 20.4 Å². The summed E-state index contributed by atoms with van der Waals surface area (Å²) in [5, 5.41) is 12.3. The minimum absolute atomic E-state index is 0.0944. The maximum Gasteiger partial charge on any atom is 0.272 e. The number of benzene rings is 2. The molecule has 3 aromatic rings. The number of aromatic nitrogens is 2. The van der Waals surface area contributed by atoms with E-state index in [0.29, 0.717) is 29.0 Å². The van der Waals surface area contributed by atoms with Crippen molar-refractivity contribution < 1.29 is 9.53 Å². The van der Waals surface area contributed by atoms with E-state index < -0.39 is 0 Å². The van der Waals surface area contributed by atoms with Crippen LogP contribution in [0.2, 0.25) is 10.0 Å². The van der Waals surface area contributed by atoms with Crippen molar-refractivity contribution in [2.75, 3.05) is 13.2 Å². The zero-order valence-corrected chi connectivity index (χ0v) is 17.8. The molecule has 0 saturated carbocycles. The van der Waals surface area contributed by atoms with Crippen LogP contribution in [0.25, 0.3) is 10.9 Å². The van der Waals surface area contributed by atoms with Gasteiger partial charge in [0.1, 0.15) is 0 Å². The molecule has 2 aromatic carbocycles. The molecule has 2 bridgehead atoms. The molecular formula is C22H22Cl2N4O2. The fourth-order valence-electron chi connectivity index (χ4n) is 4.60. The number of nitrogens with one attached hydrogen (secondary N) is 2. The van der Waals surface area contributed by atoms with Gasteiger partial charge < -0.3 is 10.1 Å². The lowest BCUT2D eigenvalue weighted by molar-refractivity contribution is -0.0843. The highest BCUT2D eigenvalue weighted by Gasteiger charge is 2.39. The molecule has 0 radical (unpaired) electrons. The number of piperidine rings is 1. The first-order valence-corrected chi connectivity index (χ1v) is 10.9. The first-order valence-electron chi connectivity index (χ1n) is 10.1. The number of aromatic amines is 1. The second-order valence-corrected chi connectivity index (χ2v) is 8.84. The van der Waals surface area contributed by atoms with Crippen LogP contribution in [0.3, 0.4) is 0 Å². The molecule has 1 aromatic heterocycles. The second kappa shape index (κ2) is 8.19. The van der Waals surface area contributed by atoms with Gasteiger partial charge in [-0.3, -0.25) is 14.8 Å². The maximum atomic E-state index is 12.9. The Morgan fingerprint density at radius 1 is 1.13 bits per heavy atom. The lowest BCUT2D eigenvalue weighted by Gasteiger charge is -2.48. The van der Waals surface area contributed by atoms with Gasteiger partial charge in [-0.1, -0.05) is 47.5 Å². The van der Waals surface area contributed by atoms with E-state index in [1.165, 1.54) is 0 Å². The number of fused-ring (bicyclic) bond motifs is 3. The number of halogens is 2. The van der Waals surface area contributed by atoms with Crippen LogP contribution in [0.15, 0.2) is 42.5 Å². The van der Waals surface area contributed by atoms with Gasteiger partial charge in [0.2, 0.25) is 0 Å². The Morgan fingerprint density at radius 2 is 1.90 bits per heavy atom. The van der Waals surface area contributed by atoms with Gasteiger partial charge in [0.05, 0.1) is 28.8 Å². The molecule has 2 fully saturated rings. The summed E-state index contributed by atoms with van der Waals surface area (Å²) in [6, 6.07) is 14.0. The van der Waals surface area contributed by atoms with Gasteiger partial charge in [0.15, 0.2) is 5.69 Å². The molecule has 2 aliphatic heterocycles. The highest BCUT2D eigenvalue weighted by Crippen LogP contribution is 2.31. The van der Waals surface area contributed by atoms with Crippen molar-refractivity contribution >= 4 is 40.0 Å². The first-order chi connectivity index (χ1) is 14.6. The number of hydrogen-bond donors (Lipinski definition) is 2. The number of rotatable bonds is 4. The van der Waals surface area contributed by atoms with Crippen LogP contribution in [0, 0.1) is 0 Å². The third-order valence-electron chi connectivity index (χ3n) is 6.04. The number of nitrogens with zero attached hydrogens (tertiary/aromatic N) is 2. The van der Waals surface area contributed by atoms with E-state index in [4.69, 9.17) is 27.9 Å². The molecule has 30 heavy (non-hydrogen) atoms. The number of ether oxygens (including phenoxy) is 1. The maximum absolute atomic E-state index is 12.9. The van der Waals surface area contributed by atoms with Gasteiger partial charge in [0, 0.05) is 30.1 Å². The lowest BCUT2D eigenvalue weighted by Crippen LogP contribution is -2.60. The topological polar surface area (TPSA) is 70.2 Å². The number of hydrogen-bond acceptors (Lipinski definition) is 4. The number of carbonyl (C=O) groups is 1. The first kappa shape index (κ1) is 19.8. The normalized spacial score (nSPS) is 24.1. The van der Waals surface area contributed by atoms with Crippen LogP contribution >= 0.6 is 23.2 Å². The van der Waals surface area contributed by atoms with E-state index >= 15 is 0 Å². The van der Waals surface area contributed by atoms with E-state index in [1.807, 2.05) is 42.5 Å². The Kier molecular flexibility index (Phi) is 5.41. The molecule has 2 atom stereocenters. The Labute approximate surface area is 184 Å². The summed E-state index contributed by atoms with van der Waals surface area (Å²) in [7, 11) is 0. The summed E-state index contributed by atoms with van der Waals surface area (Å²) in [5.41, 5.74) is 2.45. The summed E-state index contributed by atoms with van der Waals surface area (Å²) in [6.45, 7) is 2.12. The van der Waals surface area contributed by atoms with Crippen molar-refractivity contribution in [1.29, 1.82) is 0 Å². The average Bonchev–Trinajstić information content (AvgIpc) is 3.15. The summed E-state index contributed by atoms with van der Waals surface area (Å²) in [6.07, 6.45) is 1.68. The minimum Gasteiger partial charge on any atom is -0.378 e. The van der Waals surface area contributed by atoms with Crippen LogP contribution in [0.1, 0.15) is 28.9 Å². The monoisotopic (exact) mass is 444 g/mol. The van der Waals surface area contributed by atoms with E-state index in [1.54, 1.807) is 0 Å². The third kappa shape index (κ3) is 3.81. The third-order valence-corrected chi connectivity index (χ3v) is 6.78. The highest BCUT2D eigenvalue weighted by atomic mass is 35.5. The molecule has 2 N–H and O–H groups in total. The van der Waals surface area contributed by atoms with Crippen LogP contribution < -0.4 is 5.32 Å². The number of carbonyl (C=O) groups excluding carboxylic acids is 1. The number of para-hydroxylation sites is 1. The number of morpholine rings is 1. The Balaban J connectivity index is 1.28.